The molecule has 184 valence electrons. The third-order valence-electron chi connectivity index (χ3n) is 4.94. The van der Waals surface area contributed by atoms with Crippen LogP contribution in [0.5, 0.6) is 11.5 Å². The van der Waals surface area contributed by atoms with E-state index >= 15 is 0 Å². The smallest absolute Gasteiger partial charge is 0.196 e. The van der Waals surface area contributed by atoms with E-state index in [0.717, 1.165) is 18.5 Å². The van der Waals surface area contributed by atoms with Gasteiger partial charge in [0.25, 0.3) is 0 Å². The zero-order chi connectivity index (χ0) is 25.0. The number of nitrogens with zero attached hydrogens (tertiary/aromatic N) is 2. The van der Waals surface area contributed by atoms with Crippen LogP contribution in [0.25, 0.3) is 10.9 Å². The number of anilines is 2. The zero-order valence-electron chi connectivity index (χ0n) is 17.7. The second-order valence-corrected chi connectivity index (χ2v) is 7.20. The quantitative estimate of drug-likeness (QED) is 0.225. The molecule has 6 N–H and O–H groups in total. The number of hydrogen-bond acceptors (Lipinski definition) is 10. The molecule has 2 aromatic carbocycles. The van der Waals surface area contributed by atoms with E-state index in [9.17, 15) is 33.6 Å². The Morgan fingerprint density at radius 2 is 1.65 bits per heavy atom. The van der Waals surface area contributed by atoms with Gasteiger partial charge in [0.1, 0.15) is 43.2 Å². The first-order valence-corrected chi connectivity index (χ1v) is 9.87. The topological polar surface area (TPSA) is 157 Å². The molecule has 0 saturated carbocycles. The Balaban J connectivity index is 1.85. The lowest BCUT2D eigenvalue weighted by Crippen LogP contribution is -2.47. The van der Waals surface area contributed by atoms with Gasteiger partial charge in [0.2, 0.25) is 0 Å². The molecule has 34 heavy (non-hydrogen) atoms. The summed E-state index contributed by atoms with van der Waals surface area (Å²) in [4.78, 5) is 8.07. The maximum absolute atomic E-state index is 14.1. The summed E-state index contributed by atoms with van der Waals surface area (Å²) < 4.78 is 51.6. The summed E-state index contributed by atoms with van der Waals surface area (Å²) >= 11 is 0. The number of aliphatic hydroxyl groups excluding tert-OH is 5. The molecule has 0 aliphatic rings. The summed E-state index contributed by atoms with van der Waals surface area (Å²) in [5.74, 6) is -4.18. The first kappa shape index (κ1) is 25.4. The van der Waals surface area contributed by atoms with Crippen LogP contribution in [0, 0.1) is 17.5 Å². The van der Waals surface area contributed by atoms with Crippen LogP contribution in [0.2, 0.25) is 0 Å². The normalized spacial score (nSPS) is 15.0. The lowest BCUT2D eigenvalue weighted by molar-refractivity contribution is -0.121. The van der Waals surface area contributed by atoms with Crippen LogP contribution in [-0.4, -0.2) is 80.2 Å². The summed E-state index contributed by atoms with van der Waals surface area (Å²) in [6.07, 6.45) is -5.82. The molecule has 1 heterocycles. The molecule has 3 aromatic rings. The SMILES string of the molecule is COc1cc2c(Nc3ccc(F)c(F)c3F)ncnc2cc1OC[C@@H](O)[C@H](O)[C@@H](O)[C@H](O)CO. The van der Waals surface area contributed by atoms with Gasteiger partial charge in [-0.15, -0.1) is 0 Å². The number of fused-ring (bicyclic) bond motifs is 1. The third-order valence-corrected chi connectivity index (χ3v) is 4.94. The summed E-state index contributed by atoms with van der Waals surface area (Å²) in [6.45, 7) is -1.36. The highest BCUT2D eigenvalue weighted by Crippen LogP contribution is 2.35. The third kappa shape index (κ3) is 5.29. The molecule has 10 nitrogen and oxygen atoms in total. The second-order valence-electron chi connectivity index (χ2n) is 7.20. The number of rotatable bonds is 10. The first-order chi connectivity index (χ1) is 16.2. The molecular formula is C21H22F3N3O7. The van der Waals surface area contributed by atoms with Crippen LogP contribution in [0.3, 0.4) is 0 Å². The van der Waals surface area contributed by atoms with Crippen molar-refractivity contribution in [3.05, 3.63) is 48.0 Å². The number of aromatic nitrogens is 2. The van der Waals surface area contributed by atoms with Gasteiger partial charge in [-0.3, -0.25) is 0 Å². The monoisotopic (exact) mass is 485 g/mol. The van der Waals surface area contributed by atoms with Gasteiger partial charge in [-0.05, 0) is 18.2 Å². The average Bonchev–Trinajstić information content (AvgIpc) is 2.85. The van der Waals surface area contributed by atoms with Gasteiger partial charge in [-0.2, -0.15) is 0 Å². The van der Waals surface area contributed by atoms with Gasteiger partial charge in [0, 0.05) is 11.5 Å². The van der Waals surface area contributed by atoms with Gasteiger partial charge in [0.05, 0.1) is 24.9 Å². The summed E-state index contributed by atoms with van der Waals surface area (Å²) in [7, 11) is 1.31. The van der Waals surface area contributed by atoms with E-state index in [0.29, 0.717) is 5.39 Å². The van der Waals surface area contributed by atoms with E-state index in [1.807, 2.05) is 0 Å². The van der Waals surface area contributed by atoms with Gasteiger partial charge in [-0.1, -0.05) is 0 Å². The van der Waals surface area contributed by atoms with Crippen molar-refractivity contribution in [3.8, 4) is 11.5 Å². The molecule has 0 radical (unpaired) electrons. The molecule has 13 heteroatoms. The van der Waals surface area contributed by atoms with Crippen molar-refractivity contribution >= 4 is 22.4 Å². The van der Waals surface area contributed by atoms with Gasteiger partial charge < -0.3 is 40.3 Å². The molecule has 0 aliphatic heterocycles. The van der Waals surface area contributed by atoms with Crippen molar-refractivity contribution in [2.75, 3.05) is 25.6 Å². The molecule has 0 unspecified atom stereocenters. The molecular weight excluding hydrogens is 463 g/mol. The van der Waals surface area contributed by atoms with E-state index in [2.05, 4.69) is 15.3 Å². The Morgan fingerprint density at radius 3 is 2.32 bits per heavy atom. The van der Waals surface area contributed by atoms with Crippen LogP contribution in [0.1, 0.15) is 0 Å². The summed E-state index contributed by atoms with van der Waals surface area (Å²) in [6, 6.07) is 4.57. The standard InChI is InChI=1S/C21H22F3N3O7/c1-33-15-4-9-12(5-16(15)34-7-14(30)20(32)19(31)13(29)6-28)25-8-26-21(9)27-11-3-2-10(22)17(23)18(11)24/h2-5,8,13-14,19-20,28-32H,6-7H2,1H3,(H,25,26,27)/t13-,14-,19+,20+/m1/s1. The second kappa shape index (κ2) is 10.8. The lowest BCUT2D eigenvalue weighted by atomic mass is 10.0. The van der Waals surface area contributed by atoms with Gasteiger partial charge >= 0.3 is 0 Å². The van der Waals surface area contributed by atoms with Crippen LogP contribution >= 0.6 is 0 Å². The molecule has 0 fully saturated rings. The number of nitrogens with one attached hydrogen (secondary N) is 1. The number of halogens is 3. The molecule has 0 amide bonds. The fourth-order valence-electron chi connectivity index (χ4n) is 3.02. The highest BCUT2D eigenvalue weighted by atomic mass is 19.2. The maximum Gasteiger partial charge on any atom is 0.196 e. The summed E-state index contributed by atoms with van der Waals surface area (Å²) in [5, 5.41) is 50.8. The van der Waals surface area contributed by atoms with Crippen molar-refractivity contribution in [1.29, 1.82) is 0 Å². The van der Waals surface area contributed by atoms with Crippen LogP contribution in [0.4, 0.5) is 24.7 Å². The van der Waals surface area contributed by atoms with Crippen molar-refractivity contribution in [2.24, 2.45) is 0 Å². The largest absolute Gasteiger partial charge is 0.493 e. The highest BCUT2D eigenvalue weighted by molar-refractivity contribution is 5.93. The number of methoxy groups -OCH3 is 1. The Kier molecular flexibility index (Phi) is 8.06. The highest BCUT2D eigenvalue weighted by Gasteiger charge is 2.30. The van der Waals surface area contributed by atoms with Crippen molar-refractivity contribution in [1.82, 2.24) is 9.97 Å². The predicted octanol–water partition coefficient (Wildman–Crippen LogP) is 0.614. The molecule has 1 aromatic heterocycles. The van der Waals surface area contributed by atoms with Crippen LogP contribution < -0.4 is 14.8 Å². The Hall–Kier alpha value is -3.23. The Bertz CT molecular complexity index is 1150. The molecule has 0 bridgehead atoms. The molecule has 0 saturated heterocycles. The Labute approximate surface area is 190 Å². The minimum Gasteiger partial charge on any atom is -0.493 e. The fourth-order valence-corrected chi connectivity index (χ4v) is 3.02. The molecule has 0 spiro atoms. The molecule has 3 rings (SSSR count). The van der Waals surface area contributed by atoms with E-state index < -0.39 is 55.1 Å². The van der Waals surface area contributed by atoms with Crippen molar-refractivity contribution < 1.29 is 48.2 Å². The number of hydrogen-bond donors (Lipinski definition) is 6. The van der Waals surface area contributed by atoms with Crippen LogP contribution in [0.15, 0.2) is 30.6 Å². The predicted molar refractivity (Wildman–Crippen MR) is 112 cm³/mol. The fraction of sp³-hybridized carbons (Fsp3) is 0.333. The van der Waals surface area contributed by atoms with E-state index in [4.69, 9.17) is 14.6 Å². The molecule has 0 aliphatic carbocycles. The zero-order valence-corrected chi connectivity index (χ0v) is 17.7. The van der Waals surface area contributed by atoms with Gasteiger partial charge in [-0.25, -0.2) is 23.1 Å². The van der Waals surface area contributed by atoms with E-state index in [-0.39, 0.29) is 28.5 Å². The van der Waals surface area contributed by atoms with E-state index in [1.165, 1.54) is 19.2 Å². The Morgan fingerprint density at radius 1 is 0.941 bits per heavy atom. The summed E-state index contributed by atoms with van der Waals surface area (Å²) in [5.41, 5.74) is -0.0963. The van der Waals surface area contributed by atoms with E-state index in [1.54, 1.807) is 0 Å². The first-order valence-electron chi connectivity index (χ1n) is 9.87. The number of aliphatic hydroxyl groups is 5. The van der Waals surface area contributed by atoms with Gasteiger partial charge in [0.15, 0.2) is 29.0 Å². The molecule has 4 atom stereocenters. The number of ether oxygens (including phenoxy) is 2. The minimum absolute atomic E-state index is 0.0522. The van der Waals surface area contributed by atoms with Crippen LogP contribution in [-0.2, 0) is 0 Å². The maximum atomic E-state index is 14.1. The van der Waals surface area contributed by atoms with Crippen molar-refractivity contribution in [3.63, 3.8) is 0 Å². The number of benzene rings is 2. The average molecular weight is 485 g/mol. The lowest BCUT2D eigenvalue weighted by Gasteiger charge is -2.25. The van der Waals surface area contributed by atoms with Crippen molar-refractivity contribution in [2.45, 2.75) is 24.4 Å². The minimum atomic E-state index is -1.82.